The summed E-state index contributed by atoms with van der Waals surface area (Å²) in [5.74, 6) is 0.322. The van der Waals surface area contributed by atoms with Gasteiger partial charge in [0.1, 0.15) is 5.82 Å². The van der Waals surface area contributed by atoms with Gasteiger partial charge in [0.15, 0.2) is 0 Å². The normalized spacial score (nSPS) is 11.6. The third-order valence-corrected chi connectivity index (χ3v) is 2.97. The number of nitrogen functional groups attached to an aromatic ring is 1. The van der Waals surface area contributed by atoms with Crippen LogP contribution in [0.2, 0.25) is 0 Å². The third kappa shape index (κ3) is 2.76. The van der Waals surface area contributed by atoms with Gasteiger partial charge in [-0.15, -0.1) is 0 Å². The molecule has 3 aromatic rings. The van der Waals surface area contributed by atoms with Gasteiger partial charge in [-0.05, 0) is 24.3 Å². The Morgan fingerprint density at radius 1 is 1.09 bits per heavy atom. The second kappa shape index (κ2) is 5.14. The maximum atomic E-state index is 12.7. The van der Waals surface area contributed by atoms with E-state index in [0.29, 0.717) is 16.7 Å². The molecule has 3 rings (SSSR count). The molecule has 0 saturated heterocycles. The van der Waals surface area contributed by atoms with Crippen LogP contribution in [0.15, 0.2) is 42.7 Å². The van der Waals surface area contributed by atoms with Gasteiger partial charge in [0.05, 0.1) is 16.5 Å². The van der Waals surface area contributed by atoms with E-state index in [1.807, 2.05) is 0 Å². The maximum Gasteiger partial charge on any atom is 0.416 e. The number of nitrogens with one attached hydrogen (secondary N) is 1. The molecule has 0 bridgehead atoms. The summed E-state index contributed by atoms with van der Waals surface area (Å²) in [5.41, 5.74) is 5.67. The first-order valence-corrected chi connectivity index (χ1v) is 6.25. The molecule has 0 aliphatic rings. The predicted octanol–water partition coefficient (Wildman–Crippen LogP) is 3.37. The number of anilines is 3. The van der Waals surface area contributed by atoms with Crippen molar-refractivity contribution in [2.45, 2.75) is 6.18 Å². The molecule has 0 aliphatic heterocycles. The summed E-state index contributed by atoms with van der Waals surface area (Å²) in [5, 5.41) is 3.39. The first-order chi connectivity index (χ1) is 10.4. The summed E-state index contributed by atoms with van der Waals surface area (Å²) in [6.45, 7) is 0. The summed E-state index contributed by atoms with van der Waals surface area (Å²) in [6.07, 6.45) is -1.35. The highest BCUT2D eigenvalue weighted by Gasteiger charge is 2.30. The number of hydrogen-bond donors (Lipinski definition) is 2. The molecule has 0 amide bonds. The highest BCUT2D eigenvalue weighted by molar-refractivity contribution is 5.90. The van der Waals surface area contributed by atoms with Gasteiger partial charge in [0, 0.05) is 18.1 Å². The molecule has 0 saturated carbocycles. The molecule has 0 aliphatic carbocycles. The lowest BCUT2D eigenvalue weighted by atomic mass is 10.2. The van der Waals surface area contributed by atoms with Crippen molar-refractivity contribution in [1.29, 1.82) is 0 Å². The van der Waals surface area contributed by atoms with Gasteiger partial charge in [-0.2, -0.15) is 18.2 Å². The van der Waals surface area contributed by atoms with Crippen molar-refractivity contribution in [3.63, 3.8) is 0 Å². The van der Waals surface area contributed by atoms with Gasteiger partial charge >= 0.3 is 6.18 Å². The molecule has 8 heteroatoms. The summed E-state index contributed by atoms with van der Waals surface area (Å²) in [6, 6.07) is 6.47. The van der Waals surface area contributed by atoms with Crippen molar-refractivity contribution in [3.05, 3.63) is 48.3 Å². The Hall–Kier alpha value is -2.90. The molecule has 0 atom stereocenters. The van der Waals surface area contributed by atoms with Gasteiger partial charge < -0.3 is 11.1 Å². The predicted molar refractivity (Wildman–Crippen MR) is 76.5 cm³/mol. The summed E-state index contributed by atoms with van der Waals surface area (Å²) in [4.78, 5) is 12.0. The van der Waals surface area contributed by atoms with Gasteiger partial charge in [-0.25, -0.2) is 4.98 Å². The Kier molecular flexibility index (Phi) is 3.28. The van der Waals surface area contributed by atoms with Crippen LogP contribution in [0.1, 0.15) is 5.56 Å². The van der Waals surface area contributed by atoms with Gasteiger partial charge in [-0.1, -0.05) is 6.07 Å². The van der Waals surface area contributed by atoms with Crippen LogP contribution in [0.25, 0.3) is 10.9 Å². The number of alkyl halides is 3. The molecular formula is C14H10F3N5. The van der Waals surface area contributed by atoms with E-state index in [4.69, 9.17) is 5.73 Å². The average molecular weight is 305 g/mol. The van der Waals surface area contributed by atoms with E-state index in [1.165, 1.54) is 18.3 Å². The molecule has 22 heavy (non-hydrogen) atoms. The van der Waals surface area contributed by atoms with Crippen molar-refractivity contribution < 1.29 is 13.2 Å². The van der Waals surface area contributed by atoms with Crippen LogP contribution in [-0.2, 0) is 6.18 Å². The monoisotopic (exact) mass is 305 g/mol. The van der Waals surface area contributed by atoms with Crippen molar-refractivity contribution in [3.8, 4) is 0 Å². The second-order valence-corrected chi connectivity index (χ2v) is 4.53. The Bertz CT molecular complexity index is 832. The molecule has 5 nitrogen and oxygen atoms in total. The Labute approximate surface area is 123 Å². The lowest BCUT2D eigenvalue weighted by molar-refractivity contribution is -0.137. The zero-order valence-corrected chi connectivity index (χ0v) is 11.1. The van der Waals surface area contributed by atoms with Crippen molar-refractivity contribution in [2.24, 2.45) is 0 Å². The van der Waals surface area contributed by atoms with Crippen LogP contribution >= 0.6 is 0 Å². The molecule has 0 spiro atoms. The number of hydrogen-bond acceptors (Lipinski definition) is 5. The molecule has 2 heterocycles. The molecular weight excluding hydrogens is 295 g/mol. The number of halogens is 3. The molecule has 3 N–H and O–H groups in total. The molecule has 112 valence electrons. The largest absolute Gasteiger partial charge is 0.416 e. The zero-order chi connectivity index (χ0) is 15.7. The fourth-order valence-electron chi connectivity index (χ4n) is 2.00. The first-order valence-electron chi connectivity index (χ1n) is 6.25. The van der Waals surface area contributed by atoms with E-state index < -0.39 is 11.7 Å². The van der Waals surface area contributed by atoms with Gasteiger partial charge in [-0.3, -0.25) is 4.98 Å². The molecule has 0 unspecified atom stereocenters. The van der Waals surface area contributed by atoms with E-state index in [0.717, 1.165) is 12.1 Å². The quantitative estimate of drug-likeness (QED) is 0.759. The summed E-state index contributed by atoms with van der Waals surface area (Å²) in [7, 11) is 0. The molecule has 2 aromatic heterocycles. The second-order valence-electron chi connectivity index (χ2n) is 4.53. The fourth-order valence-corrected chi connectivity index (χ4v) is 2.00. The zero-order valence-electron chi connectivity index (χ0n) is 11.1. The topological polar surface area (TPSA) is 76.7 Å². The highest BCUT2D eigenvalue weighted by Crippen LogP contribution is 2.32. The lowest BCUT2D eigenvalue weighted by Gasteiger charge is -2.11. The third-order valence-electron chi connectivity index (χ3n) is 2.97. The van der Waals surface area contributed by atoms with Crippen LogP contribution in [0, 0.1) is 0 Å². The van der Waals surface area contributed by atoms with E-state index in [-0.39, 0.29) is 11.6 Å². The number of benzene rings is 1. The Morgan fingerprint density at radius 2 is 1.91 bits per heavy atom. The van der Waals surface area contributed by atoms with Crippen LogP contribution < -0.4 is 11.1 Å². The van der Waals surface area contributed by atoms with E-state index in [9.17, 15) is 13.2 Å². The van der Waals surface area contributed by atoms with Crippen LogP contribution in [0.4, 0.5) is 30.6 Å². The van der Waals surface area contributed by atoms with Crippen molar-refractivity contribution >= 4 is 28.4 Å². The minimum absolute atomic E-state index is 0.0215. The number of fused-ring (bicyclic) bond motifs is 1. The number of pyridine rings is 1. The number of rotatable bonds is 2. The average Bonchev–Trinajstić information content (AvgIpc) is 2.46. The first kappa shape index (κ1) is 14.1. The van der Waals surface area contributed by atoms with Crippen molar-refractivity contribution in [2.75, 3.05) is 11.1 Å². The molecule has 0 fully saturated rings. The minimum Gasteiger partial charge on any atom is -0.368 e. The molecule has 1 aromatic carbocycles. The summed E-state index contributed by atoms with van der Waals surface area (Å²) >= 11 is 0. The minimum atomic E-state index is -4.41. The van der Waals surface area contributed by atoms with Crippen LogP contribution in [0.3, 0.4) is 0 Å². The maximum absolute atomic E-state index is 12.7. The van der Waals surface area contributed by atoms with E-state index >= 15 is 0 Å². The van der Waals surface area contributed by atoms with Crippen molar-refractivity contribution in [1.82, 2.24) is 15.0 Å². The summed E-state index contributed by atoms with van der Waals surface area (Å²) < 4.78 is 38.2. The van der Waals surface area contributed by atoms with E-state index in [2.05, 4.69) is 20.3 Å². The van der Waals surface area contributed by atoms with Crippen LogP contribution in [0.5, 0.6) is 0 Å². The SMILES string of the molecule is Nc1nc(Nc2cccc(C(F)(F)F)c2)c2cnccc2n1. The fraction of sp³-hybridized carbons (Fsp3) is 0.0714. The van der Waals surface area contributed by atoms with Crippen LogP contribution in [-0.4, -0.2) is 15.0 Å². The number of aromatic nitrogens is 3. The molecule has 0 radical (unpaired) electrons. The van der Waals surface area contributed by atoms with Gasteiger partial charge in [0.25, 0.3) is 0 Å². The standard InChI is InChI=1S/C14H10F3N5/c15-14(16,17)8-2-1-3-9(6-8)20-12-10-7-19-5-4-11(10)21-13(18)22-12/h1-7H,(H3,18,20,21,22). The van der Waals surface area contributed by atoms with E-state index in [1.54, 1.807) is 12.3 Å². The highest BCUT2D eigenvalue weighted by atomic mass is 19.4. The Morgan fingerprint density at radius 3 is 2.68 bits per heavy atom. The van der Waals surface area contributed by atoms with Gasteiger partial charge in [0.2, 0.25) is 5.95 Å². The number of nitrogens with two attached hydrogens (primary N) is 1. The lowest BCUT2D eigenvalue weighted by Crippen LogP contribution is -2.06. The smallest absolute Gasteiger partial charge is 0.368 e. The number of nitrogens with zero attached hydrogens (tertiary/aromatic N) is 3. The Balaban J connectivity index is 2.04.